The molecular formula is C53H90N4O45S2. The SMILES string of the molecule is CC(=O)N[C@H]1[C@H](O[C@H]2[C@@H](O)[C@@H](CO)O[C@@H](O[C@@H]([C@@H](O)[C@H](O)CO)[C@H](CO)NC(C)=O)[C@@H]2O)O[C@H](COS(=O)(=O)O)[C@@H](O[C@@H]2O[C@H](CO)[C@H](O)[C@H](O[C@@H]3O[C@H](COS(=O)(=O)O)[C@@H](O[C@@H]4O[C@H](CO)[C@H](O)[C@H](O[C@]5(C(=O)O)C[C@H](O)[C@@H](NC(C)=O)[C@H]([C@H](O)[C@H](O)CO)O5)[C@H]4O)[C@H](O)[C@H]3NC(C)=O)[C@H]2O)[C@@H]1O. The molecule has 26 N–H and O–H groups in total. The predicted octanol–water partition coefficient (Wildman–Crippen LogP) is -17.2. The first kappa shape index (κ1) is 88.7. The zero-order chi connectivity index (χ0) is 78.1. The highest BCUT2D eigenvalue weighted by Gasteiger charge is 2.62. The number of carboxylic acid groups (broad SMARTS) is 1. The average Bonchev–Trinajstić information content (AvgIpc) is 0.770. The summed E-state index contributed by atoms with van der Waals surface area (Å²) in [4.78, 5) is 63.3. The number of hydrogen-bond donors (Lipinski definition) is 26. The van der Waals surface area contributed by atoms with Gasteiger partial charge in [-0.15, -0.1) is 0 Å². The number of carbonyl (C=O) groups is 5. The highest BCUT2D eigenvalue weighted by molar-refractivity contribution is 7.81. The number of amides is 4. The van der Waals surface area contributed by atoms with Gasteiger partial charge in [0.15, 0.2) is 31.5 Å². The normalized spacial score (nSPS) is 40.5. The first-order valence-corrected chi connectivity index (χ1v) is 34.2. The fourth-order valence-corrected chi connectivity index (χ4v) is 12.8. The van der Waals surface area contributed by atoms with E-state index in [1.165, 1.54) is 0 Å². The lowest BCUT2D eigenvalue weighted by atomic mass is 9.88. The summed E-state index contributed by atoms with van der Waals surface area (Å²) >= 11 is 0. The number of aliphatic hydroxyl groups is 19. The Labute approximate surface area is 588 Å². The molecule has 0 aromatic rings. The lowest BCUT2D eigenvalue weighted by Gasteiger charge is -2.51. The molecule has 604 valence electrons. The number of nitrogens with one attached hydrogen (secondary N) is 4. The van der Waals surface area contributed by atoms with E-state index in [2.05, 4.69) is 29.6 Å². The van der Waals surface area contributed by atoms with Crippen molar-refractivity contribution in [3.8, 4) is 0 Å². The minimum atomic E-state index is -5.59. The quantitative estimate of drug-likeness (QED) is 0.0266. The maximum absolute atomic E-state index is 13.2. The topological polar surface area (TPSA) is 776 Å². The maximum atomic E-state index is 13.2. The standard InChI is InChI=1S/C53H90N4O45S2/c1-14(64)54-18(6-58)40(30(71)20(69)7-59)96-49-37(78)44(32(73)22(9-61)91-49)99-47-28(56-16(3)66)35(76)41(25(94-47)12-89-103(83,84)85)97-50-38(79)45(33(74)23(10-62)92-50)100-48-29(57-17(4)67)36(77)42(26(95-48)13-90-104(86,87)88)98-51-39(80)46(34(75)24(11-63)93-51)102-53(52(81)82)5-19(68)27(55-15(2)65)43(101-53)31(72)21(70)8-60/h18-51,58-63,68-80H,5-13H2,1-4H3,(H,54,64)(H,55,65)(H,56,66)(H,57,67)(H,81,82)(H,83,84,85)(H,86,87,88)/t18-,19-,20+,21+,22+,23+,24+,25+,26+,27+,28+,29+,30-,31+,32-,33-,34-,35+,36+,37+,38+,39+,40+,41+,42+,43+,44-,45-,46-,47-,48-,49-,50-,51-,53-/m0/s1. The monoisotopic (exact) mass is 1570 g/mol. The van der Waals surface area contributed by atoms with Crippen LogP contribution in [0.15, 0.2) is 0 Å². The first-order chi connectivity index (χ1) is 48.5. The predicted molar refractivity (Wildman–Crippen MR) is 318 cm³/mol. The van der Waals surface area contributed by atoms with Crippen LogP contribution in [0.4, 0.5) is 0 Å². The Bertz CT molecular complexity index is 3030. The van der Waals surface area contributed by atoms with Crippen LogP contribution in [0.5, 0.6) is 0 Å². The van der Waals surface area contributed by atoms with E-state index in [1.54, 1.807) is 0 Å². The first-order valence-electron chi connectivity index (χ1n) is 31.5. The van der Waals surface area contributed by atoms with Crippen LogP contribution in [-0.2, 0) is 110 Å². The van der Waals surface area contributed by atoms with Crippen LogP contribution >= 0.6 is 0 Å². The van der Waals surface area contributed by atoms with Crippen molar-refractivity contribution in [2.75, 3.05) is 52.9 Å². The second-order valence-corrected chi connectivity index (χ2v) is 26.9. The molecule has 104 heavy (non-hydrogen) atoms. The molecule has 49 nitrogen and oxygen atoms in total. The van der Waals surface area contributed by atoms with Crippen molar-refractivity contribution >= 4 is 50.4 Å². The summed E-state index contributed by atoms with van der Waals surface area (Å²) in [6.07, 6.45) is -70.6. The van der Waals surface area contributed by atoms with Crippen molar-refractivity contribution in [2.45, 2.75) is 248 Å². The van der Waals surface area contributed by atoms with Crippen LogP contribution < -0.4 is 21.3 Å². The minimum absolute atomic E-state index is 0.811. The van der Waals surface area contributed by atoms with Crippen molar-refractivity contribution in [3.63, 3.8) is 0 Å². The van der Waals surface area contributed by atoms with Crippen molar-refractivity contribution in [1.82, 2.24) is 21.3 Å². The number of carbonyl (C=O) groups excluding carboxylic acids is 4. The zero-order valence-electron chi connectivity index (χ0n) is 55.0. The van der Waals surface area contributed by atoms with E-state index in [0.29, 0.717) is 0 Å². The summed E-state index contributed by atoms with van der Waals surface area (Å²) in [7, 11) is -11.2. The molecule has 0 bridgehead atoms. The Morgan fingerprint density at radius 2 is 0.846 bits per heavy atom. The number of carboxylic acids is 1. The van der Waals surface area contributed by atoms with Gasteiger partial charge >= 0.3 is 26.8 Å². The molecular weight excluding hydrogens is 1480 g/mol. The zero-order valence-corrected chi connectivity index (χ0v) is 56.7. The van der Waals surface area contributed by atoms with Gasteiger partial charge in [-0.25, -0.2) is 13.2 Å². The van der Waals surface area contributed by atoms with Crippen molar-refractivity contribution < 1.29 is 217 Å². The van der Waals surface area contributed by atoms with Crippen molar-refractivity contribution in [1.29, 1.82) is 0 Å². The fourth-order valence-electron chi connectivity index (χ4n) is 12.2. The number of aliphatic hydroxyl groups excluding tert-OH is 19. The van der Waals surface area contributed by atoms with Gasteiger partial charge in [0, 0.05) is 34.1 Å². The Morgan fingerprint density at radius 1 is 0.471 bits per heavy atom. The highest BCUT2D eigenvalue weighted by atomic mass is 32.3. The van der Waals surface area contributed by atoms with Crippen LogP contribution in [0, 0.1) is 0 Å². The summed E-state index contributed by atoms with van der Waals surface area (Å²) < 4.78 is 146. The summed E-state index contributed by atoms with van der Waals surface area (Å²) in [5.41, 5.74) is 0. The van der Waals surface area contributed by atoms with Crippen LogP contribution in [-0.4, -0.2) is 425 Å². The molecule has 6 saturated heterocycles. The van der Waals surface area contributed by atoms with E-state index in [9.17, 15) is 152 Å². The molecule has 6 aliphatic heterocycles. The number of rotatable bonds is 34. The van der Waals surface area contributed by atoms with Gasteiger partial charge in [0.2, 0.25) is 23.6 Å². The van der Waals surface area contributed by atoms with Gasteiger partial charge in [-0.1, -0.05) is 0 Å². The summed E-state index contributed by atoms with van der Waals surface area (Å²) in [5.74, 6) is -9.49. The molecule has 6 rings (SSSR count). The average molecular weight is 1570 g/mol. The third kappa shape index (κ3) is 21.9. The van der Waals surface area contributed by atoms with Crippen LogP contribution in [0.2, 0.25) is 0 Å². The second kappa shape index (κ2) is 38.0. The Hall–Kier alpha value is -4.15. The minimum Gasteiger partial charge on any atom is -0.477 e. The lowest BCUT2D eigenvalue weighted by molar-refractivity contribution is -0.390. The van der Waals surface area contributed by atoms with Gasteiger partial charge in [-0.05, 0) is 0 Å². The van der Waals surface area contributed by atoms with Crippen LogP contribution in [0.3, 0.4) is 0 Å². The third-order valence-electron chi connectivity index (χ3n) is 17.2. The van der Waals surface area contributed by atoms with E-state index >= 15 is 0 Å². The van der Waals surface area contributed by atoms with Crippen LogP contribution in [0.1, 0.15) is 34.1 Å². The fraction of sp³-hybridized carbons (Fsp3) is 0.906. The van der Waals surface area contributed by atoms with E-state index < -0.39 is 324 Å². The van der Waals surface area contributed by atoms with Gasteiger partial charge in [0.25, 0.3) is 5.79 Å². The molecule has 51 heteroatoms. The van der Waals surface area contributed by atoms with Gasteiger partial charge in [-0.2, -0.15) is 16.8 Å². The van der Waals surface area contributed by atoms with Crippen molar-refractivity contribution in [2.24, 2.45) is 0 Å². The Kier molecular flexibility index (Phi) is 32.4. The molecule has 0 saturated carbocycles. The molecule has 6 heterocycles. The Balaban J connectivity index is 1.33. The molecule has 0 unspecified atom stereocenters. The number of hydrogen-bond acceptors (Lipinski definition) is 42. The molecule has 0 radical (unpaired) electrons. The molecule has 35 atom stereocenters. The molecule has 0 aromatic heterocycles. The summed E-state index contributed by atoms with van der Waals surface area (Å²) in [5, 5.41) is 229. The molecule has 0 aliphatic carbocycles. The van der Waals surface area contributed by atoms with Crippen molar-refractivity contribution in [3.05, 3.63) is 0 Å². The second-order valence-electron chi connectivity index (χ2n) is 24.8. The molecule has 4 amide bonds. The molecule has 0 spiro atoms. The lowest BCUT2D eigenvalue weighted by Crippen LogP contribution is -2.71. The van der Waals surface area contributed by atoms with E-state index in [1.807, 2.05) is 0 Å². The molecule has 0 aromatic carbocycles. The number of aliphatic carboxylic acids is 1. The maximum Gasteiger partial charge on any atom is 0.397 e. The highest BCUT2D eigenvalue weighted by Crippen LogP contribution is 2.41. The van der Waals surface area contributed by atoms with E-state index in [0.717, 1.165) is 27.7 Å². The van der Waals surface area contributed by atoms with Gasteiger partial charge in [0.05, 0.1) is 71.0 Å². The van der Waals surface area contributed by atoms with E-state index in [4.69, 9.17) is 56.8 Å². The van der Waals surface area contributed by atoms with E-state index in [-0.39, 0.29) is 0 Å². The van der Waals surface area contributed by atoms with Gasteiger partial charge < -0.3 is 180 Å². The van der Waals surface area contributed by atoms with Gasteiger partial charge in [-0.3, -0.25) is 28.3 Å². The smallest absolute Gasteiger partial charge is 0.397 e. The van der Waals surface area contributed by atoms with Crippen LogP contribution in [0.25, 0.3) is 0 Å². The number of ether oxygens (including phenoxy) is 12. The van der Waals surface area contributed by atoms with Gasteiger partial charge in [0.1, 0.15) is 159 Å². The molecule has 6 aliphatic rings. The summed E-state index contributed by atoms with van der Waals surface area (Å²) in [6, 6.07) is -7.78. The summed E-state index contributed by atoms with van der Waals surface area (Å²) in [6.45, 7) is -6.66. The Morgan fingerprint density at radius 3 is 1.22 bits per heavy atom. The third-order valence-corrected chi connectivity index (χ3v) is 18.1. The largest absolute Gasteiger partial charge is 0.477 e. The molecule has 6 fully saturated rings.